The number of nitrogens with zero attached hydrogens (tertiary/aromatic N) is 4. The molecule has 0 spiro atoms. The summed E-state index contributed by atoms with van der Waals surface area (Å²) in [6.45, 7) is 1.42. The van der Waals surface area contributed by atoms with E-state index in [4.69, 9.17) is 22.6 Å². The van der Waals surface area contributed by atoms with E-state index in [2.05, 4.69) is 15.4 Å². The number of primary amides is 1. The second-order valence-corrected chi connectivity index (χ2v) is 5.91. The van der Waals surface area contributed by atoms with Crippen molar-refractivity contribution < 1.29 is 4.79 Å². The van der Waals surface area contributed by atoms with Crippen LogP contribution >= 0.6 is 11.6 Å². The molecule has 0 bridgehead atoms. The molecule has 0 unspecified atom stereocenters. The zero-order valence-corrected chi connectivity index (χ0v) is 13.0. The van der Waals surface area contributed by atoms with E-state index in [-0.39, 0.29) is 0 Å². The summed E-state index contributed by atoms with van der Waals surface area (Å²) in [4.78, 5) is 15.6. The number of anilines is 1. The van der Waals surface area contributed by atoms with Crippen molar-refractivity contribution in [1.82, 2.24) is 14.8 Å². The Bertz CT molecular complexity index is 794. The van der Waals surface area contributed by atoms with E-state index in [0.29, 0.717) is 34.4 Å². The number of nitriles is 1. The van der Waals surface area contributed by atoms with Gasteiger partial charge in [0.25, 0.3) is 5.91 Å². The first-order valence-corrected chi connectivity index (χ1v) is 7.60. The summed E-state index contributed by atoms with van der Waals surface area (Å²) >= 11 is 6.10. The van der Waals surface area contributed by atoms with E-state index in [9.17, 15) is 4.79 Å². The Morgan fingerprint density at radius 1 is 1.57 bits per heavy atom. The van der Waals surface area contributed by atoms with Crippen LogP contribution in [-0.4, -0.2) is 27.2 Å². The minimum Gasteiger partial charge on any atom is -0.369 e. The molecule has 3 rings (SSSR count). The summed E-state index contributed by atoms with van der Waals surface area (Å²) in [6.07, 6.45) is 4.68. The third-order valence-electron chi connectivity index (χ3n) is 3.97. The fourth-order valence-corrected chi connectivity index (χ4v) is 2.98. The lowest BCUT2D eigenvalue weighted by Crippen LogP contribution is -2.27. The van der Waals surface area contributed by atoms with Crippen molar-refractivity contribution in [3.8, 4) is 6.07 Å². The fourth-order valence-electron chi connectivity index (χ4n) is 2.75. The van der Waals surface area contributed by atoms with Crippen molar-refractivity contribution in [3.63, 3.8) is 0 Å². The van der Waals surface area contributed by atoms with Crippen molar-refractivity contribution >= 4 is 23.3 Å². The molecule has 7 nitrogen and oxygen atoms in total. The number of aryl methyl sites for hydroxylation is 1. The Morgan fingerprint density at radius 2 is 2.39 bits per heavy atom. The van der Waals surface area contributed by atoms with Crippen LogP contribution in [0.1, 0.15) is 28.0 Å². The summed E-state index contributed by atoms with van der Waals surface area (Å²) in [5.41, 5.74) is 7.18. The first-order valence-electron chi connectivity index (χ1n) is 7.22. The van der Waals surface area contributed by atoms with Crippen LogP contribution in [0, 0.1) is 17.2 Å². The maximum absolute atomic E-state index is 11.4. The molecule has 1 aliphatic rings. The van der Waals surface area contributed by atoms with E-state index in [1.54, 1.807) is 6.07 Å². The van der Waals surface area contributed by atoms with Crippen LogP contribution in [0.5, 0.6) is 0 Å². The smallest absolute Gasteiger partial charge is 0.252 e. The number of carbonyl (C=O) groups is 1. The number of carbonyl (C=O) groups excluding carboxylic acids is 1. The number of aromatic nitrogens is 3. The molecule has 1 atom stereocenters. The first-order chi connectivity index (χ1) is 11.1. The molecular formula is C15H15ClN6O. The average Bonchev–Trinajstić information content (AvgIpc) is 2.97. The van der Waals surface area contributed by atoms with Gasteiger partial charge < -0.3 is 11.1 Å². The van der Waals surface area contributed by atoms with E-state index in [0.717, 1.165) is 25.1 Å². The van der Waals surface area contributed by atoms with Gasteiger partial charge in [-0.15, -0.1) is 0 Å². The molecule has 3 N–H and O–H groups in total. The number of rotatable bonds is 4. The minimum absolute atomic E-state index is 0.325. The van der Waals surface area contributed by atoms with Crippen LogP contribution in [-0.2, 0) is 13.0 Å². The van der Waals surface area contributed by atoms with Gasteiger partial charge in [0.1, 0.15) is 11.9 Å². The largest absolute Gasteiger partial charge is 0.369 e. The average molecular weight is 331 g/mol. The van der Waals surface area contributed by atoms with Gasteiger partial charge in [-0.25, -0.2) is 4.98 Å². The Kier molecular flexibility index (Phi) is 4.17. The number of halogens is 1. The molecular weight excluding hydrogens is 316 g/mol. The van der Waals surface area contributed by atoms with Gasteiger partial charge in [0, 0.05) is 19.3 Å². The van der Waals surface area contributed by atoms with Gasteiger partial charge >= 0.3 is 0 Å². The van der Waals surface area contributed by atoms with Crippen LogP contribution in [0.15, 0.2) is 18.5 Å². The van der Waals surface area contributed by atoms with Crippen LogP contribution < -0.4 is 11.1 Å². The zero-order valence-electron chi connectivity index (χ0n) is 12.3. The number of amides is 1. The predicted molar refractivity (Wildman–Crippen MR) is 85.0 cm³/mol. The molecule has 0 saturated heterocycles. The monoisotopic (exact) mass is 330 g/mol. The summed E-state index contributed by atoms with van der Waals surface area (Å²) in [6, 6.07) is 3.58. The highest BCUT2D eigenvalue weighted by Crippen LogP contribution is 2.25. The summed E-state index contributed by atoms with van der Waals surface area (Å²) in [7, 11) is 0. The van der Waals surface area contributed by atoms with Crippen molar-refractivity contribution in [2.75, 3.05) is 11.9 Å². The van der Waals surface area contributed by atoms with Gasteiger partial charge in [0.05, 0.1) is 28.0 Å². The molecule has 118 valence electrons. The number of hydrogen-bond acceptors (Lipinski definition) is 5. The van der Waals surface area contributed by atoms with Crippen LogP contribution in [0.3, 0.4) is 0 Å². The molecule has 1 aliphatic heterocycles. The highest BCUT2D eigenvalue weighted by atomic mass is 35.5. The van der Waals surface area contributed by atoms with Gasteiger partial charge in [0.15, 0.2) is 0 Å². The Labute approximate surface area is 138 Å². The van der Waals surface area contributed by atoms with Gasteiger partial charge in [-0.05, 0) is 24.8 Å². The quantitative estimate of drug-likeness (QED) is 0.884. The predicted octanol–water partition coefficient (Wildman–Crippen LogP) is 1.58. The molecule has 0 radical (unpaired) electrons. The lowest BCUT2D eigenvalue weighted by atomic mass is 9.94. The SMILES string of the molecule is N#Cc1cnc(NC[C@@H]2CCn3ncc(C(N)=O)c3C2)c(Cl)c1. The van der Waals surface area contributed by atoms with E-state index < -0.39 is 5.91 Å². The van der Waals surface area contributed by atoms with Crippen molar-refractivity contribution in [2.45, 2.75) is 19.4 Å². The highest BCUT2D eigenvalue weighted by molar-refractivity contribution is 6.33. The lowest BCUT2D eigenvalue weighted by Gasteiger charge is -2.24. The molecule has 0 saturated carbocycles. The topological polar surface area (TPSA) is 110 Å². The molecule has 2 aromatic rings. The van der Waals surface area contributed by atoms with Gasteiger partial charge in [-0.2, -0.15) is 10.4 Å². The number of pyridine rings is 1. The number of fused-ring (bicyclic) bond motifs is 1. The van der Waals surface area contributed by atoms with Crippen LogP contribution in [0.4, 0.5) is 5.82 Å². The maximum atomic E-state index is 11.4. The van der Waals surface area contributed by atoms with E-state index in [1.165, 1.54) is 12.4 Å². The van der Waals surface area contributed by atoms with Gasteiger partial charge in [-0.1, -0.05) is 11.6 Å². The molecule has 0 fully saturated rings. The standard InChI is InChI=1S/C15H15ClN6O/c16-12-3-10(5-17)7-20-15(12)19-6-9-1-2-22-13(4-9)11(8-21-22)14(18)23/h3,7-9H,1-2,4,6H2,(H2,18,23)(H,19,20)/t9-/m1/s1. The maximum Gasteiger partial charge on any atom is 0.252 e. The summed E-state index contributed by atoms with van der Waals surface area (Å²) < 4.78 is 1.84. The van der Waals surface area contributed by atoms with E-state index in [1.807, 2.05) is 10.8 Å². The molecule has 3 heterocycles. The Balaban J connectivity index is 1.67. The zero-order chi connectivity index (χ0) is 16.4. The third-order valence-corrected chi connectivity index (χ3v) is 4.26. The summed E-state index contributed by atoms with van der Waals surface area (Å²) in [5, 5.41) is 16.6. The first kappa shape index (κ1) is 15.3. The second kappa shape index (κ2) is 6.26. The molecule has 0 aliphatic carbocycles. The minimum atomic E-state index is -0.448. The second-order valence-electron chi connectivity index (χ2n) is 5.50. The van der Waals surface area contributed by atoms with Crippen molar-refractivity contribution in [3.05, 3.63) is 40.3 Å². The van der Waals surface area contributed by atoms with Crippen molar-refractivity contribution in [2.24, 2.45) is 11.7 Å². The molecule has 23 heavy (non-hydrogen) atoms. The van der Waals surface area contributed by atoms with E-state index >= 15 is 0 Å². The van der Waals surface area contributed by atoms with Gasteiger partial charge in [0.2, 0.25) is 0 Å². The number of nitrogens with one attached hydrogen (secondary N) is 1. The summed E-state index contributed by atoms with van der Waals surface area (Å²) in [5.74, 6) is 0.433. The van der Waals surface area contributed by atoms with Crippen molar-refractivity contribution in [1.29, 1.82) is 5.26 Å². The normalized spacial score (nSPS) is 16.4. The molecule has 2 aromatic heterocycles. The van der Waals surface area contributed by atoms with Crippen LogP contribution in [0.25, 0.3) is 0 Å². The van der Waals surface area contributed by atoms with Crippen LogP contribution in [0.2, 0.25) is 5.02 Å². The fraction of sp³-hybridized carbons (Fsp3) is 0.333. The molecule has 0 aromatic carbocycles. The molecule has 8 heteroatoms. The Hall–Kier alpha value is -2.59. The Morgan fingerprint density at radius 3 is 3.09 bits per heavy atom. The highest BCUT2D eigenvalue weighted by Gasteiger charge is 2.24. The third kappa shape index (κ3) is 3.12. The number of nitrogens with two attached hydrogens (primary N) is 1. The lowest BCUT2D eigenvalue weighted by molar-refractivity contribution is 0.0998. The number of hydrogen-bond donors (Lipinski definition) is 2. The van der Waals surface area contributed by atoms with Gasteiger partial charge in [-0.3, -0.25) is 9.48 Å². The molecule has 1 amide bonds.